The standard InChI is InChI=1S/C14H12BrNO5/c15-9-3-4-12(17)11(6-9)14(19)21-8-13(18)16-7-10-2-1-5-20-10/h1-6,17H,7-8H2,(H,16,18). The van der Waals surface area contributed by atoms with Gasteiger partial charge in [-0.25, -0.2) is 4.79 Å². The number of phenols is 1. The van der Waals surface area contributed by atoms with Crippen molar-refractivity contribution < 1.29 is 23.8 Å². The maximum absolute atomic E-state index is 11.8. The number of halogens is 1. The lowest BCUT2D eigenvalue weighted by Crippen LogP contribution is -2.28. The Balaban J connectivity index is 1.83. The molecule has 0 bridgehead atoms. The molecule has 0 aliphatic carbocycles. The monoisotopic (exact) mass is 353 g/mol. The summed E-state index contributed by atoms with van der Waals surface area (Å²) in [6.07, 6.45) is 1.50. The molecule has 0 spiro atoms. The van der Waals surface area contributed by atoms with Gasteiger partial charge < -0.3 is 19.6 Å². The zero-order valence-electron chi connectivity index (χ0n) is 10.8. The molecule has 2 N–H and O–H groups in total. The number of rotatable bonds is 5. The summed E-state index contributed by atoms with van der Waals surface area (Å²) >= 11 is 3.18. The lowest BCUT2D eigenvalue weighted by atomic mass is 10.2. The van der Waals surface area contributed by atoms with E-state index in [0.717, 1.165) is 0 Å². The summed E-state index contributed by atoms with van der Waals surface area (Å²) in [5.74, 6) is -0.852. The van der Waals surface area contributed by atoms with Crippen molar-refractivity contribution in [2.75, 3.05) is 6.61 Å². The molecule has 0 radical (unpaired) electrons. The smallest absolute Gasteiger partial charge is 0.342 e. The lowest BCUT2D eigenvalue weighted by molar-refractivity contribution is -0.124. The number of furan rings is 1. The Labute approximate surface area is 128 Å². The van der Waals surface area contributed by atoms with E-state index in [2.05, 4.69) is 21.2 Å². The molecule has 0 saturated carbocycles. The summed E-state index contributed by atoms with van der Waals surface area (Å²) in [6.45, 7) is -0.225. The minimum Gasteiger partial charge on any atom is -0.507 e. The topological polar surface area (TPSA) is 88.8 Å². The highest BCUT2D eigenvalue weighted by Crippen LogP contribution is 2.22. The summed E-state index contributed by atoms with van der Waals surface area (Å²) in [7, 11) is 0. The molecule has 1 aromatic heterocycles. The van der Waals surface area contributed by atoms with Crippen molar-refractivity contribution in [1.82, 2.24) is 5.32 Å². The molecular weight excluding hydrogens is 342 g/mol. The van der Waals surface area contributed by atoms with Crippen LogP contribution in [0.3, 0.4) is 0 Å². The van der Waals surface area contributed by atoms with E-state index in [1.165, 1.54) is 18.4 Å². The van der Waals surface area contributed by atoms with Crippen LogP contribution >= 0.6 is 15.9 Å². The number of carbonyl (C=O) groups is 2. The van der Waals surface area contributed by atoms with Crippen LogP contribution in [0.25, 0.3) is 0 Å². The van der Waals surface area contributed by atoms with Gasteiger partial charge in [-0.1, -0.05) is 15.9 Å². The Morgan fingerprint density at radius 3 is 2.86 bits per heavy atom. The van der Waals surface area contributed by atoms with Gasteiger partial charge in [0.05, 0.1) is 12.8 Å². The fraction of sp³-hybridized carbons (Fsp3) is 0.143. The first-order valence-electron chi connectivity index (χ1n) is 6.01. The summed E-state index contributed by atoms with van der Waals surface area (Å²) < 4.78 is 10.5. The van der Waals surface area contributed by atoms with Crippen molar-refractivity contribution in [1.29, 1.82) is 0 Å². The van der Waals surface area contributed by atoms with Gasteiger partial charge in [-0.05, 0) is 30.3 Å². The molecule has 2 aromatic rings. The molecular formula is C14H12BrNO5. The molecule has 110 valence electrons. The van der Waals surface area contributed by atoms with E-state index in [4.69, 9.17) is 9.15 Å². The van der Waals surface area contributed by atoms with Crippen molar-refractivity contribution in [2.45, 2.75) is 6.54 Å². The van der Waals surface area contributed by atoms with Crippen LogP contribution in [0.15, 0.2) is 45.5 Å². The molecule has 1 amide bonds. The van der Waals surface area contributed by atoms with Gasteiger partial charge in [-0.2, -0.15) is 0 Å². The lowest BCUT2D eigenvalue weighted by Gasteiger charge is -2.07. The number of amides is 1. The third-order valence-corrected chi connectivity index (χ3v) is 3.05. The van der Waals surface area contributed by atoms with E-state index in [1.54, 1.807) is 18.2 Å². The van der Waals surface area contributed by atoms with E-state index in [0.29, 0.717) is 10.2 Å². The Morgan fingerprint density at radius 2 is 2.14 bits per heavy atom. The molecule has 0 saturated heterocycles. The average molecular weight is 354 g/mol. The minimum absolute atomic E-state index is 0.0109. The maximum Gasteiger partial charge on any atom is 0.342 e. The van der Waals surface area contributed by atoms with Crippen molar-refractivity contribution in [2.24, 2.45) is 0 Å². The highest BCUT2D eigenvalue weighted by Gasteiger charge is 2.14. The van der Waals surface area contributed by atoms with Crippen LogP contribution in [0, 0.1) is 0 Å². The zero-order valence-corrected chi connectivity index (χ0v) is 12.4. The van der Waals surface area contributed by atoms with E-state index >= 15 is 0 Å². The first-order chi connectivity index (χ1) is 10.1. The molecule has 1 aromatic carbocycles. The van der Waals surface area contributed by atoms with Crippen LogP contribution in [-0.4, -0.2) is 23.6 Å². The third kappa shape index (κ3) is 4.35. The van der Waals surface area contributed by atoms with E-state index in [1.807, 2.05) is 0 Å². The van der Waals surface area contributed by atoms with Crippen LogP contribution in [-0.2, 0) is 16.1 Å². The molecule has 7 heteroatoms. The molecule has 0 atom stereocenters. The molecule has 6 nitrogen and oxygen atoms in total. The Morgan fingerprint density at radius 1 is 1.33 bits per heavy atom. The predicted octanol–water partition coefficient (Wildman–Crippen LogP) is 2.22. The van der Waals surface area contributed by atoms with E-state index < -0.39 is 18.5 Å². The second-order valence-corrected chi connectivity index (χ2v) is 5.01. The largest absolute Gasteiger partial charge is 0.507 e. The maximum atomic E-state index is 11.8. The summed E-state index contributed by atoms with van der Waals surface area (Å²) in [5.41, 5.74) is -0.0109. The quantitative estimate of drug-likeness (QED) is 0.804. The number of phenolic OH excluding ortho intramolecular Hbond substituents is 1. The summed E-state index contributed by atoms with van der Waals surface area (Å²) in [6, 6.07) is 7.78. The van der Waals surface area contributed by atoms with E-state index in [-0.39, 0.29) is 17.9 Å². The highest BCUT2D eigenvalue weighted by atomic mass is 79.9. The SMILES string of the molecule is O=C(COC(=O)c1cc(Br)ccc1O)NCc1ccco1. The molecule has 1 heterocycles. The third-order valence-electron chi connectivity index (χ3n) is 2.55. The first-order valence-corrected chi connectivity index (χ1v) is 6.80. The molecule has 0 fully saturated rings. The molecule has 0 aliphatic rings. The van der Waals surface area contributed by atoms with Crippen LogP contribution in [0.5, 0.6) is 5.75 Å². The number of benzene rings is 1. The fourth-order valence-corrected chi connectivity index (χ4v) is 1.89. The molecule has 0 aliphatic heterocycles. The van der Waals surface area contributed by atoms with Crippen LogP contribution in [0.4, 0.5) is 0 Å². The van der Waals surface area contributed by atoms with Gasteiger partial charge in [0.25, 0.3) is 5.91 Å². The van der Waals surface area contributed by atoms with Crippen molar-refractivity contribution in [3.63, 3.8) is 0 Å². The Hall–Kier alpha value is -2.28. The van der Waals surface area contributed by atoms with Gasteiger partial charge in [0.1, 0.15) is 17.1 Å². The van der Waals surface area contributed by atoms with Gasteiger partial charge in [0, 0.05) is 4.47 Å². The van der Waals surface area contributed by atoms with Gasteiger partial charge >= 0.3 is 5.97 Å². The predicted molar refractivity (Wildman–Crippen MR) is 76.6 cm³/mol. The number of hydrogen-bond acceptors (Lipinski definition) is 5. The molecule has 0 unspecified atom stereocenters. The zero-order chi connectivity index (χ0) is 15.2. The van der Waals surface area contributed by atoms with E-state index in [9.17, 15) is 14.7 Å². The number of hydrogen-bond donors (Lipinski definition) is 2. The second-order valence-electron chi connectivity index (χ2n) is 4.09. The van der Waals surface area contributed by atoms with Gasteiger partial charge in [-0.3, -0.25) is 4.79 Å². The summed E-state index contributed by atoms with van der Waals surface area (Å²) in [5, 5.41) is 12.1. The van der Waals surface area contributed by atoms with Gasteiger partial charge in [0.15, 0.2) is 6.61 Å². The average Bonchev–Trinajstić information content (AvgIpc) is 2.98. The van der Waals surface area contributed by atoms with Crippen LogP contribution < -0.4 is 5.32 Å². The number of carbonyl (C=O) groups excluding carboxylic acids is 2. The highest BCUT2D eigenvalue weighted by molar-refractivity contribution is 9.10. The Kier molecular flexibility index (Phi) is 4.99. The number of ether oxygens (including phenoxy) is 1. The van der Waals surface area contributed by atoms with Gasteiger partial charge in [-0.15, -0.1) is 0 Å². The number of esters is 1. The summed E-state index contributed by atoms with van der Waals surface area (Å²) in [4.78, 5) is 23.3. The minimum atomic E-state index is -0.776. The first kappa shape index (κ1) is 15.1. The normalized spacial score (nSPS) is 10.1. The van der Waals surface area contributed by atoms with Crippen molar-refractivity contribution >= 4 is 27.8 Å². The second kappa shape index (κ2) is 6.94. The molecule has 2 rings (SSSR count). The Bertz CT molecular complexity index is 639. The molecule has 21 heavy (non-hydrogen) atoms. The van der Waals surface area contributed by atoms with Gasteiger partial charge in [0.2, 0.25) is 0 Å². The number of nitrogens with one attached hydrogen (secondary N) is 1. The fourth-order valence-electron chi connectivity index (χ4n) is 1.53. The van der Waals surface area contributed by atoms with Crippen molar-refractivity contribution in [3.05, 3.63) is 52.4 Å². The number of aromatic hydroxyl groups is 1. The van der Waals surface area contributed by atoms with Crippen LogP contribution in [0.2, 0.25) is 0 Å². The van der Waals surface area contributed by atoms with Crippen LogP contribution in [0.1, 0.15) is 16.1 Å². The van der Waals surface area contributed by atoms with Crippen molar-refractivity contribution in [3.8, 4) is 5.75 Å².